The number of carbonyl (C=O) groups excluding carboxylic acids is 1. The molecule has 4 heteroatoms. The molecule has 1 atom stereocenters. The molecule has 0 saturated carbocycles. The Morgan fingerprint density at radius 3 is 2.50 bits per heavy atom. The van der Waals surface area contributed by atoms with Gasteiger partial charge < -0.3 is 10.1 Å². The summed E-state index contributed by atoms with van der Waals surface area (Å²) >= 11 is 0. The number of methoxy groups -OCH3 is 1. The summed E-state index contributed by atoms with van der Waals surface area (Å²) in [7, 11) is 3.19. The Morgan fingerprint density at radius 1 is 1.58 bits per heavy atom. The van der Waals surface area contributed by atoms with Crippen LogP contribution in [0.1, 0.15) is 26.2 Å². The summed E-state index contributed by atoms with van der Waals surface area (Å²) < 4.78 is 4.60. The topological polar surface area (TPSA) is 38.3 Å². The van der Waals surface area contributed by atoms with E-state index in [1.54, 1.807) is 7.05 Å². The highest BCUT2D eigenvalue weighted by Crippen LogP contribution is 2.01. The summed E-state index contributed by atoms with van der Waals surface area (Å²) in [6.45, 7) is 2.10. The van der Waals surface area contributed by atoms with Crippen molar-refractivity contribution >= 4 is 18.4 Å². The standard InChI is InChI=1S/C8H17NO2.ClH/c1-4-5-6-7(9-2)8(10)11-3;/h7,9H,4-6H2,1-3H3;1H/t7-;/m0./s1. The van der Waals surface area contributed by atoms with Gasteiger partial charge in [0, 0.05) is 0 Å². The molecule has 0 bridgehead atoms. The maximum atomic E-state index is 11.0. The van der Waals surface area contributed by atoms with Crippen LogP contribution in [-0.2, 0) is 9.53 Å². The predicted octanol–water partition coefficient (Wildman–Crippen LogP) is 1.36. The number of unbranched alkanes of at least 4 members (excludes halogenated alkanes) is 1. The normalized spacial score (nSPS) is 11.6. The fourth-order valence-electron chi connectivity index (χ4n) is 0.931. The van der Waals surface area contributed by atoms with Crippen LogP contribution in [0.4, 0.5) is 0 Å². The third-order valence-corrected chi connectivity index (χ3v) is 1.68. The minimum absolute atomic E-state index is 0. The first-order chi connectivity index (χ1) is 5.26. The lowest BCUT2D eigenvalue weighted by molar-refractivity contribution is -0.143. The van der Waals surface area contributed by atoms with Crippen molar-refractivity contribution in [2.75, 3.05) is 14.2 Å². The Hall–Kier alpha value is -0.280. The average Bonchev–Trinajstić information content (AvgIpc) is 2.05. The van der Waals surface area contributed by atoms with E-state index < -0.39 is 0 Å². The molecule has 0 aliphatic heterocycles. The van der Waals surface area contributed by atoms with Crippen molar-refractivity contribution < 1.29 is 9.53 Å². The zero-order valence-corrected chi connectivity index (χ0v) is 8.74. The van der Waals surface area contributed by atoms with Crippen molar-refractivity contribution in [1.29, 1.82) is 0 Å². The first-order valence-corrected chi connectivity index (χ1v) is 4.01. The van der Waals surface area contributed by atoms with Crippen molar-refractivity contribution in [1.82, 2.24) is 5.32 Å². The van der Waals surface area contributed by atoms with Crippen LogP contribution in [0.2, 0.25) is 0 Å². The van der Waals surface area contributed by atoms with Crippen molar-refractivity contribution in [2.45, 2.75) is 32.2 Å². The summed E-state index contributed by atoms with van der Waals surface area (Å²) in [5, 5.41) is 2.91. The molecule has 0 aromatic rings. The van der Waals surface area contributed by atoms with Gasteiger partial charge in [0.25, 0.3) is 0 Å². The molecule has 0 aromatic heterocycles. The summed E-state index contributed by atoms with van der Waals surface area (Å²) in [6.07, 6.45) is 3.02. The van der Waals surface area contributed by atoms with Crippen LogP contribution in [0.5, 0.6) is 0 Å². The van der Waals surface area contributed by atoms with Gasteiger partial charge in [-0.3, -0.25) is 4.79 Å². The number of halogens is 1. The fourth-order valence-corrected chi connectivity index (χ4v) is 0.931. The number of esters is 1. The molecule has 3 nitrogen and oxygen atoms in total. The number of likely N-dealkylation sites (N-methyl/N-ethyl adjacent to an activating group) is 1. The minimum atomic E-state index is -0.166. The monoisotopic (exact) mass is 195 g/mol. The van der Waals surface area contributed by atoms with Gasteiger partial charge in [0.15, 0.2) is 0 Å². The van der Waals surface area contributed by atoms with Crippen LogP contribution < -0.4 is 5.32 Å². The molecule has 1 N–H and O–H groups in total. The maximum Gasteiger partial charge on any atom is 0.322 e. The van der Waals surface area contributed by atoms with E-state index in [9.17, 15) is 4.79 Å². The third kappa shape index (κ3) is 5.38. The fraction of sp³-hybridized carbons (Fsp3) is 0.875. The van der Waals surface area contributed by atoms with Crippen LogP contribution >= 0.6 is 12.4 Å². The summed E-state index contributed by atoms with van der Waals surface area (Å²) in [5.41, 5.74) is 0. The molecule has 0 fully saturated rings. The van der Waals surface area contributed by atoms with Crippen LogP contribution in [0.15, 0.2) is 0 Å². The molecule has 0 amide bonds. The molecule has 0 heterocycles. The molecule has 0 aliphatic carbocycles. The van der Waals surface area contributed by atoms with Crippen molar-refractivity contribution in [3.05, 3.63) is 0 Å². The SMILES string of the molecule is CCCC[C@H](NC)C(=O)OC.Cl. The van der Waals surface area contributed by atoms with Gasteiger partial charge in [0.05, 0.1) is 7.11 Å². The highest BCUT2D eigenvalue weighted by molar-refractivity contribution is 5.85. The largest absolute Gasteiger partial charge is 0.468 e. The minimum Gasteiger partial charge on any atom is -0.468 e. The van der Waals surface area contributed by atoms with Gasteiger partial charge in [-0.2, -0.15) is 0 Å². The van der Waals surface area contributed by atoms with E-state index in [0.29, 0.717) is 0 Å². The third-order valence-electron chi connectivity index (χ3n) is 1.68. The quantitative estimate of drug-likeness (QED) is 0.674. The van der Waals surface area contributed by atoms with E-state index in [4.69, 9.17) is 0 Å². The smallest absolute Gasteiger partial charge is 0.322 e. The highest BCUT2D eigenvalue weighted by atomic mass is 35.5. The van der Waals surface area contributed by atoms with Gasteiger partial charge in [0.1, 0.15) is 6.04 Å². The van der Waals surface area contributed by atoms with E-state index in [2.05, 4.69) is 17.0 Å². The Kier molecular flexibility index (Phi) is 10.5. The Balaban J connectivity index is 0. The predicted molar refractivity (Wildman–Crippen MR) is 51.6 cm³/mol. The van der Waals surface area contributed by atoms with Crippen LogP contribution in [-0.4, -0.2) is 26.2 Å². The maximum absolute atomic E-state index is 11.0. The molecule has 0 aromatic carbocycles. The van der Waals surface area contributed by atoms with E-state index in [1.165, 1.54) is 7.11 Å². The van der Waals surface area contributed by atoms with Gasteiger partial charge >= 0.3 is 5.97 Å². The first kappa shape index (κ1) is 14.3. The van der Waals surface area contributed by atoms with Gasteiger partial charge in [-0.05, 0) is 13.5 Å². The second-order valence-electron chi connectivity index (χ2n) is 2.51. The molecule has 0 saturated heterocycles. The van der Waals surface area contributed by atoms with Gasteiger partial charge in [-0.1, -0.05) is 19.8 Å². The number of carbonyl (C=O) groups is 1. The van der Waals surface area contributed by atoms with Crippen LogP contribution in [0.25, 0.3) is 0 Å². The summed E-state index contributed by atoms with van der Waals surface area (Å²) in [6, 6.07) is -0.125. The van der Waals surface area contributed by atoms with Crippen molar-refractivity contribution in [2.24, 2.45) is 0 Å². The van der Waals surface area contributed by atoms with Gasteiger partial charge in [-0.15, -0.1) is 12.4 Å². The van der Waals surface area contributed by atoms with Crippen molar-refractivity contribution in [3.63, 3.8) is 0 Å². The molecule has 0 unspecified atom stereocenters. The molecular weight excluding hydrogens is 178 g/mol. The van der Waals surface area contributed by atoms with Gasteiger partial charge in [-0.25, -0.2) is 0 Å². The number of ether oxygens (including phenoxy) is 1. The van der Waals surface area contributed by atoms with Gasteiger partial charge in [0.2, 0.25) is 0 Å². The van der Waals surface area contributed by atoms with Crippen LogP contribution in [0.3, 0.4) is 0 Å². The summed E-state index contributed by atoms with van der Waals surface area (Å²) in [5.74, 6) is -0.166. The van der Waals surface area contributed by atoms with Crippen molar-refractivity contribution in [3.8, 4) is 0 Å². The Morgan fingerprint density at radius 2 is 2.17 bits per heavy atom. The molecule has 0 radical (unpaired) electrons. The first-order valence-electron chi connectivity index (χ1n) is 4.01. The van der Waals surface area contributed by atoms with E-state index in [1.807, 2.05) is 0 Å². The number of nitrogens with one attached hydrogen (secondary N) is 1. The lowest BCUT2D eigenvalue weighted by Crippen LogP contribution is -2.34. The average molecular weight is 196 g/mol. The molecular formula is C8H18ClNO2. The van der Waals surface area contributed by atoms with E-state index in [-0.39, 0.29) is 24.4 Å². The molecule has 0 rings (SSSR count). The zero-order chi connectivity index (χ0) is 8.69. The Labute approximate surface area is 80.3 Å². The lowest BCUT2D eigenvalue weighted by Gasteiger charge is -2.11. The molecule has 12 heavy (non-hydrogen) atoms. The molecule has 0 aliphatic rings. The zero-order valence-electron chi connectivity index (χ0n) is 7.92. The molecule has 0 spiro atoms. The number of hydrogen-bond acceptors (Lipinski definition) is 3. The van der Waals surface area contributed by atoms with Crippen LogP contribution in [0, 0.1) is 0 Å². The Bertz CT molecular complexity index is 120. The number of rotatable bonds is 5. The lowest BCUT2D eigenvalue weighted by atomic mass is 10.1. The second kappa shape index (κ2) is 8.81. The molecule has 74 valence electrons. The highest BCUT2D eigenvalue weighted by Gasteiger charge is 2.14. The second-order valence-corrected chi connectivity index (χ2v) is 2.51. The van der Waals surface area contributed by atoms with E-state index >= 15 is 0 Å². The number of hydrogen-bond donors (Lipinski definition) is 1. The van der Waals surface area contributed by atoms with E-state index in [0.717, 1.165) is 19.3 Å². The summed E-state index contributed by atoms with van der Waals surface area (Å²) in [4.78, 5) is 11.0.